The Morgan fingerprint density at radius 1 is 1.36 bits per heavy atom. The van der Waals surface area contributed by atoms with Crippen molar-refractivity contribution in [2.75, 3.05) is 6.54 Å². The summed E-state index contributed by atoms with van der Waals surface area (Å²) in [5.74, 6) is -0.429. The molecule has 1 saturated heterocycles. The molecule has 1 aliphatic rings. The molecule has 1 atom stereocenters. The Labute approximate surface area is 87.4 Å². The van der Waals surface area contributed by atoms with Crippen LogP contribution in [-0.4, -0.2) is 28.6 Å². The third-order valence-electron chi connectivity index (χ3n) is 2.12. The standard InChI is InChI=1S/C9H11ClN2O2/c10-7(5-11)6-12-8(13)3-1-2-4-9(12)14/h7H,1-4,6H2. The van der Waals surface area contributed by atoms with Crippen LogP contribution in [0.5, 0.6) is 0 Å². The highest BCUT2D eigenvalue weighted by atomic mass is 35.5. The summed E-state index contributed by atoms with van der Waals surface area (Å²) in [6.45, 7) is 0.00965. The molecule has 0 saturated carbocycles. The monoisotopic (exact) mass is 214 g/mol. The van der Waals surface area contributed by atoms with E-state index in [1.54, 1.807) is 6.07 Å². The number of rotatable bonds is 2. The van der Waals surface area contributed by atoms with Gasteiger partial charge in [0.1, 0.15) is 5.38 Å². The molecule has 5 heteroatoms. The molecule has 0 aromatic rings. The van der Waals surface area contributed by atoms with Crippen LogP contribution in [0.3, 0.4) is 0 Å². The first-order chi connectivity index (χ1) is 6.65. The average molecular weight is 215 g/mol. The molecule has 1 heterocycles. The zero-order valence-corrected chi connectivity index (χ0v) is 8.46. The number of nitriles is 1. The molecule has 1 fully saturated rings. The van der Waals surface area contributed by atoms with E-state index in [9.17, 15) is 9.59 Å². The van der Waals surface area contributed by atoms with Gasteiger partial charge in [-0.05, 0) is 12.8 Å². The van der Waals surface area contributed by atoms with Crippen molar-refractivity contribution in [1.29, 1.82) is 5.26 Å². The van der Waals surface area contributed by atoms with Crippen LogP contribution < -0.4 is 0 Å². The van der Waals surface area contributed by atoms with Gasteiger partial charge in [-0.2, -0.15) is 5.26 Å². The predicted molar refractivity (Wildman–Crippen MR) is 50.4 cm³/mol. The lowest BCUT2D eigenvalue weighted by atomic mass is 10.2. The summed E-state index contributed by atoms with van der Waals surface area (Å²) in [6.07, 6.45) is 2.22. The number of hydrogen-bond donors (Lipinski definition) is 0. The molecule has 0 aliphatic carbocycles. The van der Waals surface area contributed by atoms with Crippen molar-refractivity contribution in [2.45, 2.75) is 31.1 Å². The number of hydrogen-bond acceptors (Lipinski definition) is 3. The third-order valence-corrected chi connectivity index (χ3v) is 2.35. The second kappa shape index (κ2) is 4.97. The first kappa shape index (κ1) is 11.0. The summed E-state index contributed by atoms with van der Waals surface area (Å²) in [4.78, 5) is 23.9. The Hall–Kier alpha value is -1.08. The van der Waals surface area contributed by atoms with E-state index in [0.717, 1.165) is 17.7 Å². The number of imide groups is 1. The maximum atomic E-state index is 11.4. The smallest absolute Gasteiger partial charge is 0.229 e. The van der Waals surface area contributed by atoms with E-state index < -0.39 is 5.38 Å². The van der Waals surface area contributed by atoms with Crippen LogP contribution in [0.4, 0.5) is 0 Å². The third kappa shape index (κ3) is 2.71. The highest BCUT2D eigenvalue weighted by Crippen LogP contribution is 2.13. The van der Waals surface area contributed by atoms with Crippen molar-refractivity contribution in [3.8, 4) is 6.07 Å². The largest absolute Gasteiger partial charge is 0.280 e. The van der Waals surface area contributed by atoms with Crippen molar-refractivity contribution in [3.05, 3.63) is 0 Å². The number of likely N-dealkylation sites (tertiary alicyclic amines) is 1. The molecular formula is C9H11ClN2O2. The Balaban J connectivity index is 2.66. The van der Waals surface area contributed by atoms with Crippen molar-refractivity contribution in [3.63, 3.8) is 0 Å². The minimum Gasteiger partial charge on any atom is -0.280 e. The van der Waals surface area contributed by atoms with Gasteiger partial charge in [0.2, 0.25) is 11.8 Å². The molecule has 0 N–H and O–H groups in total. The van der Waals surface area contributed by atoms with E-state index in [2.05, 4.69) is 0 Å². The van der Waals surface area contributed by atoms with Crippen LogP contribution in [0, 0.1) is 11.3 Å². The second-order valence-electron chi connectivity index (χ2n) is 3.20. The molecule has 0 aromatic heterocycles. The van der Waals surface area contributed by atoms with Gasteiger partial charge < -0.3 is 0 Å². The fourth-order valence-electron chi connectivity index (χ4n) is 1.37. The van der Waals surface area contributed by atoms with Crippen LogP contribution in [0.2, 0.25) is 0 Å². The lowest BCUT2D eigenvalue weighted by Gasteiger charge is -2.18. The Morgan fingerprint density at radius 3 is 2.29 bits per heavy atom. The van der Waals surface area contributed by atoms with Crippen molar-refractivity contribution >= 4 is 23.4 Å². The first-order valence-electron chi connectivity index (χ1n) is 4.52. The van der Waals surface area contributed by atoms with Gasteiger partial charge in [-0.3, -0.25) is 14.5 Å². The minimum absolute atomic E-state index is 0.00965. The van der Waals surface area contributed by atoms with Crippen LogP contribution in [-0.2, 0) is 9.59 Å². The van der Waals surface area contributed by atoms with Gasteiger partial charge in [0.05, 0.1) is 12.6 Å². The topological polar surface area (TPSA) is 61.2 Å². The molecule has 0 spiro atoms. The summed E-state index contributed by atoms with van der Waals surface area (Å²) in [5.41, 5.74) is 0. The molecule has 0 bridgehead atoms. The maximum absolute atomic E-state index is 11.4. The minimum atomic E-state index is -0.805. The molecule has 0 radical (unpaired) electrons. The van der Waals surface area contributed by atoms with E-state index in [4.69, 9.17) is 16.9 Å². The van der Waals surface area contributed by atoms with E-state index in [1.807, 2.05) is 0 Å². The van der Waals surface area contributed by atoms with Gasteiger partial charge in [-0.1, -0.05) is 0 Å². The van der Waals surface area contributed by atoms with E-state index in [1.165, 1.54) is 0 Å². The van der Waals surface area contributed by atoms with Crippen LogP contribution >= 0.6 is 11.6 Å². The number of carbonyl (C=O) groups is 2. The highest BCUT2D eigenvalue weighted by molar-refractivity contribution is 6.22. The van der Waals surface area contributed by atoms with Crippen LogP contribution in [0.25, 0.3) is 0 Å². The Bertz CT molecular complexity index is 267. The van der Waals surface area contributed by atoms with E-state index >= 15 is 0 Å². The summed E-state index contributed by atoms with van der Waals surface area (Å²) in [7, 11) is 0. The first-order valence-corrected chi connectivity index (χ1v) is 4.95. The fourth-order valence-corrected chi connectivity index (χ4v) is 1.50. The quantitative estimate of drug-likeness (QED) is 0.510. The number of halogens is 1. The van der Waals surface area contributed by atoms with Gasteiger partial charge in [0.15, 0.2) is 0 Å². The molecule has 1 aliphatic heterocycles. The summed E-state index contributed by atoms with van der Waals surface area (Å²) in [5, 5.41) is 7.67. The van der Waals surface area contributed by atoms with E-state index in [-0.39, 0.29) is 18.4 Å². The Morgan fingerprint density at radius 2 is 1.86 bits per heavy atom. The molecule has 4 nitrogen and oxygen atoms in total. The Kier molecular flexibility index (Phi) is 3.90. The van der Waals surface area contributed by atoms with Crippen LogP contribution in [0.1, 0.15) is 25.7 Å². The van der Waals surface area contributed by atoms with Gasteiger partial charge >= 0.3 is 0 Å². The van der Waals surface area contributed by atoms with Gasteiger partial charge in [-0.15, -0.1) is 11.6 Å². The van der Waals surface area contributed by atoms with Crippen LogP contribution in [0.15, 0.2) is 0 Å². The van der Waals surface area contributed by atoms with Crippen molar-refractivity contribution in [2.24, 2.45) is 0 Å². The lowest BCUT2D eigenvalue weighted by Crippen LogP contribution is -2.39. The number of alkyl halides is 1. The molecule has 0 aromatic carbocycles. The van der Waals surface area contributed by atoms with Gasteiger partial charge in [0.25, 0.3) is 0 Å². The second-order valence-corrected chi connectivity index (χ2v) is 3.73. The SMILES string of the molecule is N#CC(Cl)CN1C(=O)CCCCC1=O. The number of carbonyl (C=O) groups excluding carboxylic acids is 2. The highest BCUT2D eigenvalue weighted by Gasteiger charge is 2.25. The summed E-state index contributed by atoms with van der Waals surface area (Å²) < 4.78 is 0. The molecule has 76 valence electrons. The molecule has 1 rings (SSSR count). The number of nitrogens with zero attached hydrogens (tertiary/aromatic N) is 2. The maximum Gasteiger partial charge on any atom is 0.229 e. The van der Waals surface area contributed by atoms with Crippen molar-refractivity contribution in [1.82, 2.24) is 4.90 Å². The molecular weight excluding hydrogens is 204 g/mol. The van der Waals surface area contributed by atoms with E-state index in [0.29, 0.717) is 12.8 Å². The average Bonchev–Trinajstić information content (AvgIpc) is 2.32. The fraction of sp³-hybridized carbons (Fsp3) is 0.667. The zero-order valence-electron chi connectivity index (χ0n) is 7.70. The zero-order chi connectivity index (χ0) is 10.6. The summed E-state index contributed by atoms with van der Waals surface area (Å²) >= 11 is 5.58. The predicted octanol–water partition coefficient (Wildman–Crippen LogP) is 1.05. The normalized spacial score (nSPS) is 20.1. The molecule has 1 unspecified atom stereocenters. The summed E-state index contributed by atoms with van der Waals surface area (Å²) in [6, 6.07) is 1.79. The molecule has 2 amide bonds. The number of amides is 2. The van der Waals surface area contributed by atoms with Gasteiger partial charge in [0, 0.05) is 12.8 Å². The molecule has 14 heavy (non-hydrogen) atoms. The van der Waals surface area contributed by atoms with Crippen molar-refractivity contribution < 1.29 is 9.59 Å². The van der Waals surface area contributed by atoms with Gasteiger partial charge in [-0.25, -0.2) is 0 Å². The lowest BCUT2D eigenvalue weighted by molar-refractivity contribution is -0.143.